The Morgan fingerprint density at radius 3 is 2.28 bits per heavy atom. The quantitative estimate of drug-likeness (QED) is 0.545. The molecule has 0 aliphatic rings. The van der Waals surface area contributed by atoms with Gasteiger partial charge < -0.3 is 16.0 Å². The van der Waals surface area contributed by atoms with Crippen molar-refractivity contribution >= 4 is 51.3 Å². The van der Waals surface area contributed by atoms with Crippen LogP contribution in [0.1, 0.15) is 24.5 Å². The van der Waals surface area contributed by atoms with Gasteiger partial charge in [0.05, 0.1) is 6.42 Å². The Balaban J connectivity index is 1.65. The minimum absolute atomic E-state index is 0.0591. The molecule has 5 nitrogen and oxygen atoms in total. The second-order valence-electron chi connectivity index (χ2n) is 6.70. The van der Waals surface area contributed by atoms with E-state index in [0.29, 0.717) is 12.1 Å². The van der Waals surface area contributed by atoms with Crippen molar-refractivity contribution in [3.8, 4) is 0 Å². The highest BCUT2D eigenvalue weighted by molar-refractivity contribution is 7.80. The molecule has 0 aliphatic heterocycles. The molecule has 0 radical (unpaired) electrons. The summed E-state index contributed by atoms with van der Waals surface area (Å²) in [6, 6.07) is 19.4. The lowest BCUT2D eigenvalue weighted by Crippen LogP contribution is -2.35. The summed E-state index contributed by atoms with van der Waals surface area (Å²) in [5.41, 5.74) is 3.24. The number of thiocarbonyl (C=S) groups is 1. The molecule has 29 heavy (non-hydrogen) atoms. The first-order valence-electron chi connectivity index (χ1n) is 9.45. The van der Waals surface area contributed by atoms with E-state index in [1.807, 2.05) is 67.6 Å². The van der Waals surface area contributed by atoms with Crippen molar-refractivity contribution in [2.24, 2.45) is 0 Å². The summed E-state index contributed by atoms with van der Waals surface area (Å²) in [5.74, 6) is -0.247. The predicted molar refractivity (Wildman–Crippen MR) is 122 cm³/mol. The van der Waals surface area contributed by atoms with E-state index >= 15 is 0 Å². The van der Waals surface area contributed by atoms with Crippen molar-refractivity contribution in [1.29, 1.82) is 0 Å². The highest BCUT2D eigenvalue weighted by Crippen LogP contribution is 2.23. The third-order valence-corrected chi connectivity index (χ3v) is 4.87. The van der Waals surface area contributed by atoms with Gasteiger partial charge >= 0.3 is 0 Å². The van der Waals surface area contributed by atoms with Gasteiger partial charge in [0.15, 0.2) is 5.11 Å². The van der Waals surface area contributed by atoms with Crippen LogP contribution in [0.3, 0.4) is 0 Å². The van der Waals surface area contributed by atoms with Crippen LogP contribution in [0.4, 0.5) is 11.4 Å². The number of hydrogen-bond acceptors (Lipinski definition) is 3. The Kier molecular flexibility index (Phi) is 6.57. The van der Waals surface area contributed by atoms with E-state index in [1.54, 1.807) is 6.92 Å². The zero-order chi connectivity index (χ0) is 20.8. The summed E-state index contributed by atoms with van der Waals surface area (Å²) in [6.07, 6.45) is 0.633. The fraction of sp³-hybridized carbons (Fsp3) is 0.174. The van der Waals surface area contributed by atoms with Gasteiger partial charge in [-0.2, -0.15) is 0 Å². The Morgan fingerprint density at radius 1 is 0.862 bits per heavy atom. The van der Waals surface area contributed by atoms with Crippen LogP contribution in [-0.4, -0.2) is 16.9 Å². The molecule has 3 aromatic carbocycles. The molecule has 0 aromatic heterocycles. The number of rotatable bonds is 5. The molecule has 0 heterocycles. The van der Waals surface area contributed by atoms with Crippen molar-refractivity contribution < 1.29 is 9.59 Å². The second-order valence-corrected chi connectivity index (χ2v) is 7.11. The highest BCUT2D eigenvalue weighted by atomic mass is 32.1. The number of fused-ring (bicyclic) bond motifs is 1. The van der Waals surface area contributed by atoms with Gasteiger partial charge in [-0.1, -0.05) is 55.5 Å². The first kappa shape index (κ1) is 20.5. The molecule has 0 saturated carbocycles. The Labute approximate surface area is 175 Å². The SMILES string of the molecule is CCC(=O)Nc1cccc(NC(=S)NC(=O)Cc2cccc3ccccc23)c1C. The summed E-state index contributed by atoms with van der Waals surface area (Å²) >= 11 is 5.31. The summed E-state index contributed by atoms with van der Waals surface area (Å²) in [4.78, 5) is 24.2. The Bertz CT molecular complexity index is 1070. The van der Waals surface area contributed by atoms with Crippen LogP contribution in [0, 0.1) is 6.92 Å². The van der Waals surface area contributed by atoms with Gasteiger partial charge in [-0.25, -0.2) is 0 Å². The van der Waals surface area contributed by atoms with E-state index in [4.69, 9.17) is 12.2 Å². The number of nitrogens with one attached hydrogen (secondary N) is 3. The average molecular weight is 406 g/mol. The lowest BCUT2D eigenvalue weighted by atomic mass is 10.0. The fourth-order valence-corrected chi connectivity index (χ4v) is 3.31. The number of amides is 2. The minimum atomic E-state index is -0.188. The topological polar surface area (TPSA) is 70.2 Å². The zero-order valence-electron chi connectivity index (χ0n) is 16.4. The molecule has 6 heteroatoms. The molecule has 0 aliphatic carbocycles. The van der Waals surface area contributed by atoms with Gasteiger partial charge in [0, 0.05) is 17.8 Å². The van der Waals surface area contributed by atoms with Crippen molar-refractivity contribution in [3.05, 3.63) is 71.8 Å². The summed E-state index contributed by atoms with van der Waals surface area (Å²) in [6.45, 7) is 3.68. The van der Waals surface area contributed by atoms with Gasteiger partial charge in [0.25, 0.3) is 0 Å². The standard InChI is InChI=1S/C23H23N3O2S/c1-3-21(27)24-19-12-7-13-20(15(19)2)25-23(29)26-22(28)14-17-10-6-9-16-8-4-5-11-18(16)17/h4-13H,3,14H2,1-2H3,(H,24,27)(H2,25,26,28,29). The normalized spacial score (nSPS) is 10.4. The van der Waals surface area contributed by atoms with E-state index in [1.165, 1.54) is 0 Å². The molecule has 0 atom stereocenters. The monoisotopic (exact) mass is 405 g/mol. The van der Waals surface area contributed by atoms with Crippen LogP contribution >= 0.6 is 12.2 Å². The van der Waals surface area contributed by atoms with Gasteiger partial charge in [-0.3, -0.25) is 9.59 Å². The predicted octanol–water partition coefficient (Wildman–Crippen LogP) is 4.55. The summed E-state index contributed by atoms with van der Waals surface area (Å²) in [7, 11) is 0. The lowest BCUT2D eigenvalue weighted by Gasteiger charge is -2.15. The molecule has 0 unspecified atom stereocenters. The van der Waals surface area contributed by atoms with Crippen LogP contribution in [-0.2, 0) is 16.0 Å². The third-order valence-electron chi connectivity index (χ3n) is 4.66. The number of carbonyl (C=O) groups excluding carboxylic acids is 2. The number of benzene rings is 3. The van der Waals surface area contributed by atoms with Gasteiger partial charge in [0.1, 0.15) is 0 Å². The van der Waals surface area contributed by atoms with E-state index < -0.39 is 0 Å². The molecule has 2 amide bonds. The van der Waals surface area contributed by atoms with Crippen molar-refractivity contribution in [3.63, 3.8) is 0 Å². The molecule has 0 spiro atoms. The molecule has 148 valence electrons. The largest absolute Gasteiger partial charge is 0.332 e. The first-order chi connectivity index (χ1) is 14.0. The molecule has 3 N–H and O–H groups in total. The molecule has 0 saturated heterocycles. The van der Waals surface area contributed by atoms with Crippen LogP contribution < -0.4 is 16.0 Å². The van der Waals surface area contributed by atoms with Gasteiger partial charge in [-0.05, 0) is 53.2 Å². The van der Waals surface area contributed by atoms with Crippen molar-refractivity contribution in [2.45, 2.75) is 26.7 Å². The van der Waals surface area contributed by atoms with Crippen LogP contribution in [0.5, 0.6) is 0 Å². The Hall–Kier alpha value is -3.25. The zero-order valence-corrected chi connectivity index (χ0v) is 17.2. The number of hydrogen-bond donors (Lipinski definition) is 3. The first-order valence-corrected chi connectivity index (χ1v) is 9.85. The molecule has 3 rings (SSSR count). The maximum atomic E-state index is 12.5. The van der Waals surface area contributed by atoms with Crippen LogP contribution in [0.2, 0.25) is 0 Å². The highest BCUT2D eigenvalue weighted by Gasteiger charge is 2.11. The smallest absolute Gasteiger partial charge is 0.230 e. The number of anilines is 2. The summed E-state index contributed by atoms with van der Waals surface area (Å²) < 4.78 is 0. The maximum Gasteiger partial charge on any atom is 0.230 e. The van der Waals surface area contributed by atoms with Crippen LogP contribution in [0.25, 0.3) is 10.8 Å². The molecule has 0 bridgehead atoms. The summed E-state index contributed by atoms with van der Waals surface area (Å²) in [5, 5.41) is 11.0. The fourth-order valence-electron chi connectivity index (χ4n) is 3.09. The third kappa shape index (κ3) is 5.18. The maximum absolute atomic E-state index is 12.5. The molecule has 3 aromatic rings. The van der Waals surface area contributed by atoms with Crippen LogP contribution in [0.15, 0.2) is 60.7 Å². The lowest BCUT2D eigenvalue weighted by molar-refractivity contribution is -0.119. The second kappa shape index (κ2) is 9.30. The van der Waals surface area contributed by atoms with Crippen molar-refractivity contribution in [1.82, 2.24) is 5.32 Å². The number of carbonyl (C=O) groups is 2. The van der Waals surface area contributed by atoms with E-state index in [2.05, 4.69) is 16.0 Å². The van der Waals surface area contributed by atoms with Crippen molar-refractivity contribution in [2.75, 3.05) is 10.6 Å². The molecule has 0 fully saturated rings. The molecular weight excluding hydrogens is 382 g/mol. The van der Waals surface area contributed by atoms with E-state index in [-0.39, 0.29) is 23.3 Å². The van der Waals surface area contributed by atoms with Gasteiger partial charge in [-0.15, -0.1) is 0 Å². The van der Waals surface area contributed by atoms with E-state index in [9.17, 15) is 9.59 Å². The van der Waals surface area contributed by atoms with E-state index in [0.717, 1.165) is 27.6 Å². The molecular formula is C23H23N3O2S. The minimum Gasteiger partial charge on any atom is -0.332 e. The Morgan fingerprint density at radius 2 is 1.52 bits per heavy atom. The van der Waals surface area contributed by atoms with Gasteiger partial charge in [0.2, 0.25) is 11.8 Å². The average Bonchev–Trinajstić information content (AvgIpc) is 2.71.